The summed E-state index contributed by atoms with van der Waals surface area (Å²) in [4.78, 5) is 2.17. The van der Waals surface area contributed by atoms with Gasteiger partial charge in [-0.3, -0.25) is 0 Å². The predicted molar refractivity (Wildman–Crippen MR) is 114 cm³/mol. The Morgan fingerprint density at radius 2 is 1.44 bits per heavy atom. The average Bonchev–Trinajstić information content (AvgIpc) is 2.69. The Balaban J connectivity index is 1.64. The molecule has 3 aromatic carbocycles. The fraction of sp³-hybridized carbons (Fsp3) is 0.0400. The van der Waals surface area contributed by atoms with E-state index in [2.05, 4.69) is 48.9 Å². The van der Waals surface area contributed by atoms with E-state index in [-0.39, 0.29) is 0 Å². The summed E-state index contributed by atoms with van der Waals surface area (Å²) in [7, 11) is 0. The van der Waals surface area contributed by atoms with E-state index in [1.807, 2.05) is 66.8 Å². The first kappa shape index (κ1) is 16.9. The van der Waals surface area contributed by atoms with Crippen LogP contribution >= 0.6 is 0 Å². The van der Waals surface area contributed by atoms with Crippen molar-refractivity contribution in [2.75, 3.05) is 4.90 Å². The van der Waals surface area contributed by atoms with Crippen LogP contribution in [0.3, 0.4) is 0 Å². The lowest BCUT2D eigenvalue weighted by Crippen LogP contribution is -2.11. The summed E-state index contributed by atoms with van der Waals surface area (Å²) in [6.45, 7) is 6.25. The van der Waals surface area contributed by atoms with Crippen LogP contribution in [0.15, 0.2) is 104 Å². The predicted octanol–water partition coefficient (Wildman–Crippen LogP) is 7.02. The van der Waals surface area contributed by atoms with Crippen LogP contribution in [-0.2, 0) is 0 Å². The molecule has 1 aliphatic rings. The molecule has 1 aliphatic heterocycles. The van der Waals surface area contributed by atoms with E-state index in [1.165, 1.54) is 5.56 Å². The Kier molecular flexibility index (Phi) is 4.63. The third-order valence-corrected chi connectivity index (χ3v) is 4.52. The molecule has 0 saturated carbocycles. The summed E-state index contributed by atoms with van der Waals surface area (Å²) in [5.74, 6) is 1.66. The first-order chi connectivity index (χ1) is 13.2. The zero-order valence-electron chi connectivity index (χ0n) is 15.3. The monoisotopic (exact) mass is 351 g/mol. The van der Waals surface area contributed by atoms with Crippen molar-refractivity contribution in [3.05, 3.63) is 115 Å². The van der Waals surface area contributed by atoms with Gasteiger partial charge < -0.3 is 9.64 Å². The Labute approximate surface area is 160 Å². The molecule has 0 saturated heterocycles. The van der Waals surface area contributed by atoms with Gasteiger partial charge in [-0.05, 0) is 61.0 Å². The van der Waals surface area contributed by atoms with Crippen molar-refractivity contribution < 1.29 is 4.74 Å². The van der Waals surface area contributed by atoms with E-state index in [4.69, 9.17) is 4.74 Å². The van der Waals surface area contributed by atoms with Crippen molar-refractivity contribution in [3.63, 3.8) is 0 Å². The minimum absolute atomic E-state index is 0.816. The van der Waals surface area contributed by atoms with Gasteiger partial charge in [0.15, 0.2) is 0 Å². The lowest BCUT2D eigenvalue weighted by molar-refractivity contribution is 0.482. The maximum atomic E-state index is 5.95. The minimum atomic E-state index is 0.816. The van der Waals surface area contributed by atoms with Crippen molar-refractivity contribution in [3.8, 4) is 11.5 Å². The number of aryl methyl sites for hydroxylation is 1. The van der Waals surface area contributed by atoms with E-state index in [0.717, 1.165) is 34.0 Å². The highest BCUT2D eigenvalue weighted by atomic mass is 16.5. The Hall–Kier alpha value is -3.52. The molecule has 2 heteroatoms. The van der Waals surface area contributed by atoms with Crippen LogP contribution in [0.2, 0.25) is 0 Å². The molecule has 0 N–H and O–H groups in total. The van der Waals surface area contributed by atoms with Gasteiger partial charge in [0, 0.05) is 17.5 Å². The van der Waals surface area contributed by atoms with E-state index < -0.39 is 0 Å². The SMILES string of the molecule is C=C1/C=C\C=C/N(c2ccc(Oc3ccc(C)cc3)cc2)c2ccccc21. The molecule has 0 spiro atoms. The van der Waals surface area contributed by atoms with Crippen LogP contribution in [-0.4, -0.2) is 0 Å². The van der Waals surface area contributed by atoms with Crippen LogP contribution in [0.5, 0.6) is 11.5 Å². The van der Waals surface area contributed by atoms with Gasteiger partial charge in [-0.25, -0.2) is 0 Å². The Morgan fingerprint density at radius 1 is 0.778 bits per heavy atom. The van der Waals surface area contributed by atoms with Crippen molar-refractivity contribution in [2.45, 2.75) is 6.92 Å². The number of hydrogen-bond donors (Lipinski definition) is 0. The summed E-state index contributed by atoms with van der Waals surface area (Å²) in [6, 6.07) is 24.5. The largest absolute Gasteiger partial charge is 0.457 e. The number of allylic oxidation sites excluding steroid dienone is 4. The van der Waals surface area contributed by atoms with E-state index in [1.54, 1.807) is 0 Å². The summed E-state index contributed by atoms with van der Waals surface area (Å²) in [5.41, 5.74) is 5.52. The summed E-state index contributed by atoms with van der Waals surface area (Å²) < 4.78 is 5.95. The van der Waals surface area contributed by atoms with Gasteiger partial charge >= 0.3 is 0 Å². The number of hydrogen-bond acceptors (Lipinski definition) is 2. The van der Waals surface area contributed by atoms with Crippen LogP contribution in [0, 0.1) is 6.92 Å². The normalized spacial score (nSPS) is 15.4. The number of nitrogens with zero attached hydrogens (tertiary/aromatic N) is 1. The van der Waals surface area contributed by atoms with Crippen molar-refractivity contribution >= 4 is 16.9 Å². The van der Waals surface area contributed by atoms with Crippen molar-refractivity contribution in [2.24, 2.45) is 0 Å². The van der Waals surface area contributed by atoms with E-state index in [9.17, 15) is 0 Å². The third kappa shape index (κ3) is 3.70. The molecule has 3 aromatic rings. The first-order valence-corrected chi connectivity index (χ1v) is 8.98. The van der Waals surface area contributed by atoms with Gasteiger partial charge in [0.05, 0.1) is 5.69 Å². The molecule has 0 fully saturated rings. The molecule has 0 aliphatic carbocycles. The standard InChI is InChI=1S/C25H21NO/c1-19-10-14-22(15-11-19)27-23-16-12-21(13-17-23)26-18-6-5-7-20(2)24-8-3-4-9-25(24)26/h3-18H,2H2,1H3/b7-5-,18-6-. The fourth-order valence-corrected chi connectivity index (χ4v) is 3.08. The summed E-state index contributed by atoms with van der Waals surface area (Å²) in [5, 5.41) is 0. The molecular formula is C25H21NO. The lowest BCUT2D eigenvalue weighted by Gasteiger charge is -2.25. The summed E-state index contributed by atoms with van der Waals surface area (Å²) in [6.07, 6.45) is 8.14. The zero-order chi connectivity index (χ0) is 18.6. The molecule has 4 rings (SSSR count). The van der Waals surface area contributed by atoms with Gasteiger partial charge in [0.1, 0.15) is 11.5 Å². The molecule has 0 radical (unpaired) electrons. The van der Waals surface area contributed by atoms with Crippen molar-refractivity contribution in [1.82, 2.24) is 0 Å². The average molecular weight is 351 g/mol. The Morgan fingerprint density at radius 3 is 2.19 bits per heavy atom. The highest BCUT2D eigenvalue weighted by Crippen LogP contribution is 2.35. The van der Waals surface area contributed by atoms with Gasteiger partial charge in [-0.1, -0.05) is 54.6 Å². The molecule has 27 heavy (non-hydrogen) atoms. The van der Waals surface area contributed by atoms with Crippen molar-refractivity contribution in [1.29, 1.82) is 0 Å². The topological polar surface area (TPSA) is 12.5 Å². The maximum absolute atomic E-state index is 5.95. The molecule has 0 bridgehead atoms. The molecule has 1 heterocycles. The van der Waals surface area contributed by atoms with Gasteiger partial charge in [-0.15, -0.1) is 0 Å². The number of fused-ring (bicyclic) bond motifs is 1. The molecule has 0 atom stereocenters. The van der Waals surface area contributed by atoms with Gasteiger partial charge in [0.25, 0.3) is 0 Å². The molecular weight excluding hydrogens is 330 g/mol. The quantitative estimate of drug-likeness (QED) is 0.502. The smallest absolute Gasteiger partial charge is 0.127 e. The Bertz CT molecular complexity index is 1010. The second kappa shape index (κ2) is 7.38. The number of anilines is 2. The molecule has 132 valence electrons. The number of rotatable bonds is 3. The van der Waals surface area contributed by atoms with Gasteiger partial charge in [0.2, 0.25) is 0 Å². The number of para-hydroxylation sites is 1. The second-order valence-corrected chi connectivity index (χ2v) is 6.52. The maximum Gasteiger partial charge on any atom is 0.127 e. The van der Waals surface area contributed by atoms with Crippen LogP contribution in [0.25, 0.3) is 5.57 Å². The van der Waals surface area contributed by atoms with E-state index in [0.29, 0.717) is 0 Å². The molecule has 0 unspecified atom stereocenters. The van der Waals surface area contributed by atoms with Crippen LogP contribution in [0.4, 0.5) is 11.4 Å². The number of benzene rings is 3. The lowest BCUT2D eigenvalue weighted by atomic mass is 10.0. The summed E-state index contributed by atoms with van der Waals surface area (Å²) >= 11 is 0. The number of ether oxygens (including phenoxy) is 1. The fourth-order valence-electron chi connectivity index (χ4n) is 3.08. The molecule has 0 amide bonds. The van der Waals surface area contributed by atoms with Gasteiger partial charge in [-0.2, -0.15) is 0 Å². The minimum Gasteiger partial charge on any atom is -0.457 e. The van der Waals surface area contributed by atoms with Crippen LogP contribution < -0.4 is 9.64 Å². The highest BCUT2D eigenvalue weighted by molar-refractivity contribution is 5.85. The first-order valence-electron chi connectivity index (χ1n) is 8.98. The molecule has 2 nitrogen and oxygen atoms in total. The third-order valence-electron chi connectivity index (χ3n) is 4.52. The zero-order valence-corrected chi connectivity index (χ0v) is 15.3. The second-order valence-electron chi connectivity index (χ2n) is 6.52. The van der Waals surface area contributed by atoms with Crippen LogP contribution in [0.1, 0.15) is 11.1 Å². The van der Waals surface area contributed by atoms with E-state index >= 15 is 0 Å². The highest BCUT2D eigenvalue weighted by Gasteiger charge is 2.13. The molecule has 0 aromatic heterocycles.